The molecule has 4 N–H and O–H groups in total. The summed E-state index contributed by atoms with van der Waals surface area (Å²) < 4.78 is 0. The number of anilines is 3. The lowest BCUT2D eigenvalue weighted by atomic mass is 10.1. The number of nitrogens with zero attached hydrogens (tertiary/aromatic N) is 2. The first-order chi connectivity index (χ1) is 13.7. The number of fused-ring (bicyclic) bond motifs is 2. The first kappa shape index (κ1) is 16.4. The Labute approximate surface area is 162 Å². The largest absolute Gasteiger partial charge is 0.366 e. The predicted molar refractivity (Wildman–Crippen MR) is 114 cm³/mol. The Balaban J connectivity index is 1.30. The molecule has 5 rings (SSSR count). The molecule has 0 atom stereocenters. The zero-order valence-electron chi connectivity index (χ0n) is 15.5. The van der Waals surface area contributed by atoms with Crippen molar-refractivity contribution < 1.29 is 0 Å². The van der Waals surface area contributed by atoms with Gasteiger partial charge in [-0.2, -0.15) is 4.98 Å². The third-order valence-corrected chi connectivity index (χ3v) is 4.76. The summed E-state index contributed by atoms with van der Waals surface area (Å²) in [6.07, 6.45) is 3.71. The molecule has 28 heavy (non-hydrogen) atoms. The fourth-order valence-electron chi connectivity index (χ4n) is 3.40. The van der Waals surface area contributed by atoms with Gasteiger partial charge in [-0.3, -0.25) is 0 Å². The Hall–Kier alpha value is -3.80. The van der Waals surface area contributed by atoms with E-state index >= 15 is 0 Å². The third kappa shape index (κ3) is 3.27. The number of benzene rings is 2. The number of aromatic amines is 2. The van der Waals surface area contributed by atoms with Crippen LogP contribution in [0.3, 0.4) is 0 Å². The SMILES string of the molecule is Cc1cc2cc(Nc3nccc(NCc4ccc5cc[nH]c5c4)n3)ccc2[nH]1. The summed E-state index contributed by atoms with van der Waals surface area (Å²) in [5.74, 6) is 1.35. The van der Waals surface area contributed by atoms with Gasteiger partial charge in [0.2, 0.25) is 5.95 Å². The molecule has 2 aromatic carbocycles. The topological polar surface area (TPSA) is 81.4 Å². The summed E-state index contributed by atoms with van der Waals surface area (Å²) in [6, 6.07) is 18.6. The minimum atomic E-state index is 0.566. The van der Waals surface area contributed by atoms with Crippen molar-refractivity contribution >= 4 is 39.3 Å². The summed E-state index contributed by atoms with van der Waals surface area (Å²) in [7, 11) is 0. The first-order valence-electron chi connectivity index (χ1n) is 9.22. The summed E-state index contributed by atoms with van der Waals surface area (Å²) in [5, 5.41) is 9.03. The second-order valence-electron chi connectivity index (χ2n) is 6.90. The monoisotopic (exact) mass is 368 g/mol. The van der Waals surface area contributed by atoms with Crippen LogP contribution in [-0.2, 0) is 6.54 Å². The van der Waals surface area contributed by atoms with E-state index in [1.807, 2.05) is 18.3 Å². The maximum atomic E-state index is 4.57. The Morgan fingerprint density at radius 3 is 2.86 bits per heavy atom. The van der Waals surface area contributed by atoms with Crippen molar-refractivity contribution in [1.29, 1.82) is 0 Å². The fraction of sp³-hybridized carbons (Fsp3) is 0.0909. The number of rotatable bonds is 5. The molecular weight excluding hydrogens is 348 g/mol. The molecular formula is C22H20N6. The van der Waals surface area contributed by atoms with Crippen molar-refractivity contribution in [2.24, 2.45) is 0 Å². The zero-order chi connectivity index (χ0) is 18.9. The lowest BCUT2D eigenvalue weighted by molar-refractivity contribution is 1.09. The molecule has 3 heterocycles. The van der Waals surface area contributed by atoms with E-state index in [1.165, 1.54) is 10.9 Å². The van der Waals surface area contributed by atoms with E-state index < -0.39 is 0 Å². The van der Waals surface area contributed by atoms with Crippen LogP contribution in [0.15, 0.2) is 67.0 Å². The standard InChI is InChI=1S/C22H20N6/c1-14-10-17-12-18(4-5-19(17)26-14)27-22-24-9-7-21(28-22)25-13-15-2-3-16-6-8-23-20(16)11-15/h2-12,23,26H,13H2,1H3,(H2,24,25,27,28). The molecule has 0 fully saturated rings. The van der Waals surface area contributed by atoms with Crippen LogP contribution in [0.1, 0.15) is 11.3 Å². The van der Waals surface area contributed by atoms with Crippen molar-refractivity contribution in [3.05, 3.63) is 78.2 Å². The van der Waals surface area contributed by atoms with Crippen LogP contribution in [0.5, 0.6) is 0 Å². The molecule has 5 aromatic rings. The van der Waals surface area contributed by atoms with E-state index in [2.05, 4.69) is 80.0 Å². The van der Waals surface area contributed by atoms with Crippen LogP contribution in [0, 0.1) is 6.92 Å². The molecule has 0 bridgehead atoms. The number of aryl methyl sites for hydroxylation is 1. The van der Waals surface area contributed by atoms with Gasteiger partial charge in [-0.05, 0) is 60.3 Å². The Kier molecular flexibility index (Phi) is 3.94. The van der Waals surface area contributed by atoms with Crippen molar-refractivity contribution in [2.75, 3.05) is 10.6 Å². The molecule has 6 nitrogen and oxygen atoms in total. The molecule has 3 aromatic heterocycles. The third-order valence-electron chi connectivity index (χ3n) is 4.76. The molecule has 0 radical (unpaired) electrons. The van der Waals surface area contributed by atoms with Crippen molar-refractivity contribution in [3.63, 3.8) is 0 Å². The van der Waals surface area contributed by atoms with Crippen LogP contribution >= 0.6 is 0 Å². The van der Waals surface area contributed by atoms with Crippen molar-refractivity contribution in [1.82, 2.24) is 19.9 Å². The Morgan fingerprint density at radius 2 is 1.89 bits per heavy atom. The summed E-state index contributed by atoms with van der Waals surface area (Å²) in [6.45, 7) is 2.75. The number of aromatic nitrogens is 4. The van der Waals surface area contributed by atoms with Crippen molar-refractivity contribution in [2.45, 2.75) is 13.5 Å². The van der Waals surface area contributed by atoms with Crippen LogP contribution in [0.4, 0.5) is 17.5 Å². The quantitative estimate of drug-likeness (QED) is 0.348. The maximum absolute atomic E-state index is 4.57. The first-order valence-corrected chi connectivity index (χ1v) is 9.22. The predicted octanol–water partition coefficient (Wildman–Crippen LogP) is 5.10. The molecule has 0 amide bonds. The molecule has 0 spiro atoms. The molecule has 6 heteroatoms. The van der Waals surface area contributed by atoms with Crippen LogP contribution in [0.2, 0.25) is 0 Å². The smallest absolute Gasteiger partial charge is 0.229 e. The molecule has 138 valence electrons. The molecule has 0 aliphatic heterocycles. The highest BCUT2D eigenvalue weighted by atomic mass is 15.1. The van der Waals surface area contributed by atoms with E-state index in [0.29, 0.717) is 12.5 Å². The van der Waals surface area contributed by atoms with Gasteiger partial charge in [0, 0.05) is 46.7 Å². The van der Waals surface area contributed by atoms with Gasteiger partial charge in [0.1, 0.15) is 5.82 Å². The normalized spacial score (nSPS) is 11.2. The van der Waals surface area contributed by atoms with E-state index in [0.717, 1.165) is 33.6 Å². The number of H-pyrrole nitrogens is 2. The van der Waals surface area contributed by atoms with Crippen molar-refractivity contribution in [3.8, 4) is 0 Å². The van der Waals surface area contributed by atoms with Gasteiger partial charge in [-0.1, -0.05) is 12.1 Å². The maximum Gasteiger partial charge on any atom is 0.229 e. The Bertz CT molecular complexity index is 1270. The molecule has 0 aliphatic carbocycles. The minimum absolute atomic E-state index is 0.566. The highest BCUT2D eigenvalue weighted by Gasteiger charge is 2.04. The zero-order valence-corrected chi connectivity index (χ0v) is 15.5. The second kappa shape index (κ2) is 6.74. The van der Waals surface area contributed by atoms with E-state index in [-0.39, 0.29) is 0 Å². The molecule has 0 unspecified atom stereocenters. The van der Waals surface area contributed by atoms with Gasteiger partial charge in [0.25, 0.3) is 0 Å². The van der Waals surface area contributed by atoms with Gasteiger partial charge < -0.3 is 20.6 Å². The molecule has 0 saturated carbocycles. The van der Waals surface area contributed by atoms with Crippen LogP contribution in [0.25, 0.3) is 21.8 Å². The molecule has 0 aliphatic rings. The van der Waals surface area contributed by atoms with Gasteiger partial charge in [0.05, 0.1) is 0 Å². The van der Waals surface area contributed by atoms with Gasteiger partial charge in [0.15, 0.2) is 0 Å². The highest BCUT2D eigenvalue weighted by molar-refractivity contribution is 5.84. The number of hydrogen-bond donors (Lipinski definition) is 4. The second-order valence-corrected chi connectivity index (χ2v) is 6.90. The Morgan fingerprint density at radius 1 is 0.929 bits per heavy atom. The average Bonchev–Trinajstić information content (AvgIpc) is 3.31. The van der Waals surface area contributed by atoms with E-state index in [1.54, 1.807) is 6.20 Å². The summed E-state index contributed by atoms with van der Waals surface area (Å²) in [4.78, 5) is 15.5. The number of hydrogen-bond acceptors (Lipinski definition) is 4. The van der Waals surface area contributed by atoms with Crippen LogP contribution < -0.4 is 10.6 Å². The fourth-order valence-corrected chi connectivity index (χ4v) is 3.40. The molecule has 0 saturated heterocycles. The van der Waals surface area contributed by atoms with Gasteiger partial charge in [-0.15, -0.1) is 0 Å². The lowest BCUT2D eigenvalue weighted by Gasteiger charge is -2.09. The van der Waals surface area contributed by atoms with Gasteiger partial charge in [-0.25, -0.2) is 4.98 Å². The summed E-state index contributed by atoms with van der Waals surface area (Å²) in [5.41, 5.74) is 5.56. The summed E-state index contributed by atoms with van der Waals surface area (Å²) >= 11 is 0. The lowest BCUT2D eigenvalue weighted by Crippen LogP contribution is -2.04. The van der Waals surface area contributed by atoms with Crippen LogP contribution in [-0.4, -0.2) is 19.9 Å². The highest BCUT2D eigenvalue weighted by Crippen LogP contribution is 2.22. The van der Waals surface area contributed by atoms with E-state index in [9.17, 15) is 0 Å². The van der Waals surface area contributed by atoms with Gasteiger partial charge >= 0.3 is 0 Å². The average molecular weight is 368 g/mol. The number of nitrogens with one attached hydrogen (secondary N) is 4. The van der Waals surface area contributed by atoms with E-state index in [4.69, 9.17) is 0 Å². The minimum Gasteiger partial charge on any atom is -0.366 e.